The number of hydrogen-bond donors (Lipinski definition) is 5. The second kappa shape index (κ2) is 15.8. The van der Waals surface area contributed by atoms with Crippen LogP contribution in [0.3, 0.4) is 0 Å². The molecule has 10 nitrogen and oxygen atoms in total. The molecule has 0 spiro atoms. The third-order valence-electron chi connectivity index (χ3n) is 9.74. The van der Waals surface area contributed by atoms with Gasteiger partial charge in [0, 0.05) is 37.2 Å². The molecular weight excluding hydrogens is 606 g/mol. The van der Waals surface area contributed by atoms with Crippen molar-refractivity contribution in [3.8, 4) is 0 Å². The first kappa shape index (κ1) is 35.7. The lowest BCUT2D eigenvalue weighted by molar-refractivity contribution is -0.132. The number of benzene rings is 2. The highest BCUT2D eigenvalue weighted by atomic mass is 16.4. The molecule has 1 aliphatic carbocycles. The molecule has 48 heavy (non-hydrogen) atoms. The number of nitrogens with zero attached hydrogens (tertiary/aromatic N) is 2. The lowest BCUT2D eigenvalue weighted by Gasteiger charge is -2.47. The Hall–Kier alpha value is -3.57. The number of piperidine rings is 1. The highest BCUT2D eigenvalue weighted by Gasteiger charge is 2.41. The van der Waals surface area contributed by atoms with Crippen molar-refractivity contribution in [1.29, 1.82) is 0 Å². The number of aryl methyl sites for hydroxylation is 2. The molecule has 2 amide bonds. The van der Waals surface area contributed by atoms with Crippen LogP contribution in [0.25, 0.3) is 0 Å². The number of aliphatic hydroxyl groups is 2. The zero-order valence-corrected chi connectivity index (χ0v) is 29.0. The van der Waals surface area contributed by atoms with Gasteiger partial charge in [-0.3, -0.25) is 19.8 Å². The molecule has 2 aromatic carbocycles. The Morgan fingerprint density at radius 1 is 1.02 bits per heavy atom. The molecule has 6 atom stereocenters. The van der Waals surface area contributed by atoms with Crippen molar-refractivity contribution in [1.82, 2.24) is 25.8 Å². The van der Waals surface area contributed by atoms with Crippen molar-refractivity contribution in [2.45, 2.75) is 110 Å². The van der Waals surface area contributed by atoms with Gasteiger partial charge in [-0.1, -0.05) is 61.7 Å². The van der Waals surface area contributed by atoms with Crippen molar-refractivity contribution in [3.05, 3.63) is 88.6 Å². The summed E-state index contributed by atoms with van der Waals surface area (Å²) in [6.45, 7) is 10.9. The molecule has 3 aromatic rings. The molecule has 10 heteroatoms. The fourth-order valence-electron chi connectivity index (χ4n) is 7.32. The molecule has 1 saturated heterocycles. The number of rotatable bonds is 12. The standard InChI is InChI=1S/C38H53N5O5/c1-24-32(40-25(2)48-24)21-39-35(45)28-16-11-17-29(19-28)36(46)41-31(18-26-12-7-6-8-13-26)34(44)23-43-22-30-15-10-9-14-27(30)20-33(43)37(47)42-38(3,4)5/h6-8,11-13,16-17,19,27,30-31,33-34,36,41,44,46H,9-10,14-15,18,20-23H2,1-5H3,(H,39,45)(H,42,47)/t27-,30+,31-,33?,34+,36?/m0/s1. The summed E-state index contributed by atoms with van der Waals surface area (Å²) in [5.74, 6) is 1.96. The minimum Gasteiger partial charge on any atom is -0.446 e. The van der Waals surface area contributed by atoms with Crippen LogP contribution in [0, 0.1) is 25.7 Å². The molecule has 5 N–H and O–H groups in total. The van der Waals surface area contributed by atoms with E-state index in [4.69, 9.17) is 4.42 Å². The van der Waals surface area contributed by atoms with Gasteiger partial charge in [-0.25, -0.2) is 4.98 Å². The van der Waals surface area contributed by atoms with E-state index < -0.39 is 18.4 Å². The second-order valence-electron chi connectivity index (χ2n) is 14.7. The second-order valence-corrected chi connectivity index (χ2v) is 14.7. The summed E-state index contributed by atoms with van der Waals surface area (Å²) in [7, 11) is 0. The maximum atomic E-state index is 13.6. The molecule has 1 aromatic heterocycles. The van der Waals surface area contributed by atoms with Crippen LogP contribution in [0.1, 0.15) is 97.9 Å². The van der Waals surface area contributed by atoms with E-state index in [1.165, 1.54) is 12.8 Å². The molecule has 2 unspecified atom stereocenters. The van der Waals surface area contributed by atoms with Crippen LogP contribution in [-0.2, 0) is 17.8 Å². The summed E-state index contributed by atoms with van der Waals surface area (Å²) in [6, 6.07) is 15.9. The molecule has 0 radical (unpaired) electrons. The Morgan fingerprint density at radius 3 is 2.44 bits per heavy atom. The smallest absolute Gasteiger partial charge is 0.251 e. The Bertz CT molecular complexity index is 1520. The number of likely N-dealkylation sites (tertiary alicyclic amines) is 1. The normalized spacial score (nSPS) is 21.9. The molecule has 260 valence electrons. The average Bonchev–Trinajstić information content (AvgIpc) is 3.38. The first-order valence-electron chi connectivity index (χ1n) is 17.4. The Balaban J connectivity index is 1.31. The van der Waals surface area contributed by atoms with Crippen LogP contribution < -0.4 is 16.0 Å². The van der Waals surface area contributed by atoms with Gasteiger partial charge in [0.25, 0.3) is 5.91 Å². The van der Waals surface area contributed by atoms with Gasteiger partial charge in [0.2, 0.25) is 5.91 Å². The maximum Gasteiger partial charge on any atom is 0.251 e. The van der Waals surface area contributed by atoms with Gasteiger partial charge < -0.3 is 25.3 Å². The SMILES string of the molecule is Cc1nc(CNC(=O)c2cccc(C(O)N[C@@H](Cc3ccccc3)[C@H](O)CN3C[C@H]4CCCC[C@H]4CC3C(=O)NC(C)(C)C)c2)c(C)o1. The number of aromatic nitrogens is 1. The van der Waals surface area contributed by atoms with Gasteiger partial charge in [0.05, 0.1) is 18.7 Å². The van der Waals surface area contributed by atoms with Crippen molar-refractivity contribution in [2.75, 3.05) is 13.1 Å². The number of carbonyl (C=O) groups is 2. The van der Waals surface area contributed by atoms with Crippen LogP contribution in [0.4, 0.5) is 0 Å². The summed E-state index contributed by atoms with van der Waals surface area (Å²) < 4.78 is 5.46. The van der Waals surface area contributed by atoms with Crippen LogP contribution in [0.5, 0.6) is 0 Å². The van der Waals surface area contributed by atoms with Gasteiger partial charge in [-0.2, -0.15) is 0 Å². The predicted octanol–water partition coefficient (Wildman–Crippen LogP) is 4.57. The third kappa shape index (κ3) is 9.53. The Kier molecular flexibility index (Phi) is 11.7. The van der Waals surface area contributed by atoms with Gasteiger partial charge in [0.1, 0.15) is 17.7 Å². The quantitative estimate of drug-likeness (QED) is 0.178. The Labute approximate surface area is 284 Å². The molecule has 1 saturated carbocycles. The zero-order chi connectivity index (χ0) is 34.4. The summed E-state index contributed by atoms with van der Waals surface area (Å²) in [4.78, 5) is 33.1. The van der Waals surface area contributed by atoms with Crippen molar-refractivity contribution in [2.24, 2.45) is 11.8 Å². The van der Waals surface area contributed by atoms with E-state index in [1.54, 1.807) is 31.2 Å². The maximum absolute atomic E-state index is 13.6. The average molecular weight is 660 g/mol. The number of fused-ring (bicyclic) bond motifs is 1. The topological polar surface area (TPSA) is 140 Å². The van der Waals surface area contributed by atoms with E-state index in [-0.39, 0.29) is 29.9 Å². The van der Waals surface area contributed by atoms with Crippen molar-refractivity contribution >= 4 is 11.8 Å². The number of nitrogens with one attached hydrogen (secondary N) is 3. The van der Waals surface area contributed by atoms with E-state index in [1.807, 2.05) is 58.0 Å². The fourth-order valence-corrected chi connectivity index (χ4v) is 7.32. The number of carbonyl (C=O) groups excluding carboxylic acids is 2. The first-order chi connectivity index (χ1) is 22.9. The van der Waals surface area contributed by atoms with Gasteiger partial charge >= 0.3 is 0 Å². The number of hydrogen-bond acceptors (Lipinski definition) is 8. The molecular formula is C38H53N5O5. The summed E-state index contributed by atoms with van der Waals surface area (Å²) in [5.41, 5.74) is 2.23. The lowest BCUT2D eigenvalue weighted by atomic mass is 9.72. The Morgan fingerprint density at radius 2 is 1.75 bits per heavy atom. The molecule has 1 aliphatic heterocycles. The number of β-amino-alcohol motifs (C(OH)–C–C–N with tert-alkyl or cyclic N) is 1. The predicted molar refractivity (Wildman–Crippen MR) is 185 cm³/mol. The van der Waals surface area contributed by atoms with E-state index in [9.17, 15) is 19.8 Å². The highest BCUT2D eigenvalue weighted by Crippen LogP contribution is 2.39. The highest BCUT2D eigenvalue weighted by molar-refractivity contribution is 5.94. The van der Waals surface area contributed by atoms with Crippen LogP contribution >= 0.6 is 0 Å². The van der Waals surface area contributed by atoms with Gasteiger partial charge in [-0.05, 0) is 82.1 Å². The molecule has 2 fully saturated rings. The van der Waals surface area contributed by atoms with Crippen molar-refractivity contribution < 1.29 is 24.2 Å². The fraction of sp³-hybridized carbons (Fsp3) is 0.553. The monoisotopic (exact) mass is 659 g/mol. The summed E-state index contributed by atoms with van der Waals surface area (Å²) >= 11 is 0. The van der Waals surface area contributed by atoms with Crippen LogP contribution in [-0.4, -0.2) is 68.7 Å². The summed E-state index contributed by atoms with van der Waals surface area (Å²) in [5, 5.41) is 32.6. The van der Waals surface area contributed by atoms with Gasteiger partial charge in [-0.15, -0.1) is 0 Å². The van der Waals surface area contributed by atoms with E-state index in [2.05, 4.69) is 25.8 Å². The number of oxazole rings is 1. The van der Waals surface area contributed by atoms with E-state index >= 15 is 0 Å². The zero-order valence-electron chi connectivity index (χ0n) is 29.0. The van der Waals surface area contributed by atoms with Gasteiger partial charge in [0.15, 0.2) is 5.89 Å². The molecule has 2 heterocycles. The number of aliphatic hydroxyl groups excluding tert-OH is 2. The number of amides is 2. The minimum absolute atomic E-state index is 0.00950. The first-order valence-corrected chi connectivity index (χ1v) is 17.4. The molecule has 5 rings (SSSR count). The lowest BCUT2D eigenvalue weighted by Crippen LogP contribution is -2.60. The molecule has 2 aliphatic rings. The molecule has 0 bridgehead atoms. The summed E-state index contributed by atoms with van der Waals surface area (Å²) in [6.07, 6.45) is 3.95. The van der Waals surface area contributed by atoms with Crippen LogP contribution in [0.2, 0.25) is 0 Å². The minimum atomic E-state index is -1.15. The largest absolute Gasteiger partial charge is 0.446 e. The van der Waals surface area contributed by atoms with Crippen LogP contribution in [0.15, 0.2) is 59.0 Å². The van der Waals surface area contributed by atoms with Crippen molar-refractivity contribution in [3.63, 3.8) is 0 Å². The third-order valence-corrected chi connectivity index (χ3v) is 9.74. The van der Waals surface area contributed by atoms with E-state index in [0.717, 1.165) is 31.4 Å². The van der Waals surface area contributed by atoms with E-state index in [0.29, 0.717) is 53.3 Å².